The summed E-state index contributed by atoms with van der Waals surface area (Å²) in [5.41, 5.74) is 1.47. The molecule has 3 amide bonds. The maximum absolute atomic E-state index is 12.4. The predicted octanol–water partition coefficient (Wildman–Crippen LogP) is 2.06. The quantitative estimate of drug-likeness (QED) is 0.487. The summed E-state index contributed by atoms with van der Waals surface area (Å²) in [6.45, 7) is 1.78. The molecule has 2 aliphatic rings. The van der Waals surface area contributed by atoms with Crippen molar-refractivity contribution in [1.29, 1.82) is 0 Å². The Labute approximate surface area is 157 Å². The third-order valence-electron chi connectivity index (χ3n) is 5.17. The Bertz CT molecular complexity index is 804. The number of likely N-dealkylation sites (tertiary alicyclic amines) is 1. The second kappa shape index (κ2) is 7.73. The zero-order valence-corrected chi connectivity index (χ0v) is 15.4. The fraction of sp³-hybridized carbons (Fsp3) is 0.400. The van der Waals surface area contributed by atoms with Crippen LogP contribution in [0.2, 0.25) is 0 Å². The van der Waals surface area contributed by atoms with Crippen LogP contribution in [0.15, 0.2) is 30.4 Å². The molecule has 7 heteroatoms. The SMILES string of the molecule is COC(=O)c1cccc(NC(=O)CCN2C(=O)[C@H]3CC=CC[C@H]3C2=O)c1C. The lowest BCUT2D eigenvalue weighted by molar-refractivity contribution is -0.140. The van der Waals surface area contributed by atoms with Gasteiger partial charge in [0.2, 0.25) is 17.7 Å². The molecule has 27 heavy (non-hydrogen) atoms. The number of nitrogens with one attached hydrogen (secondary N) is 1. The first-order valence-corrected chi connectivity index (χ1v) is 8.92. The molecule has 1 aromatic carbocycles. The van der Waals surface area contributed by atoms with Crippen molar-refractivity contribution in [2.24, 2.45) is 11.8 Å². The number of hydrogen-bond acceptors (Lipinski definition) is 5. The van der Waals surface area contributed by atoms with Crippen molar-refractivity contribution in [2.45, 2.75) is 26.2 Å². The van der Waals surface area contributed by atoms with E-state index in [1.807, 2.05) is 12.2 Å². The predicted molar refractivity (Wildman–Crippen MR) is 97.8 cm³/mol. The molecule has 1 aliphatic heterocycles. The van der Waals surface area contributed by atoms with Gasteiger partial charge in [0, 0.05) is 18.7 Å². The van der Waals surface area contributed by atoms with Crippen LogP contribution in [0.1, 0.15) is 35.2 Å². The van der Waals surface area contributed by atoms with Crippen molar-refractivity contribution in [2.75, 3.05) is 19.0 Å². The van der Waals surface area contributed by atoms with Crippen molar-refractivity contribution in [3.63, 3.8) is 0 Å². The van der Waals surface area contributed by atoms with E-state index in [4.69, 9.17) is 4.74 Å². The summed E-state index contributed by atoms with van der Waals surface area (Å²) >= 11 is 0. The molecule has 0 radical (unpaired) electrons. The molecule has 0 spiro atoms. The number of amides is 3. The largest absolute Gasteiger partial charge is 0.465 e. The van der Waals surface area contributed by atoms with Gasteiger partial charge in [0.25, 0.3) is 0 Å². The van der Waals surface area contributed by atoms with Crippen LogP contribution in [-0.4, -0.2) is 42.2 Å². The number of nitrogens with zero attached hydrogens (tertiary/aromatic N) is 1. The number of hydrogen-bond donors (Lipinski definition) is 1. The van der Waals surface area contributed by atoms with E-state index in [-0.39, 0.29) is 42.5 Å². The van der Waals surface area contributed by atoms with Gasteiger partial charge < -0.3 is 10.1 Å². The van der Waals surface area contributed by atoms with Crippen molar-refractivity contribution in [3.8, 4) is 0 Å². The summed E-state index contributed by atoms with van der Waals surface area (Å²) in [6.07, 6.45) is 5.03. The fourth-order valence-electron chi connectivity index (χ4n) is 3.62. The third-order valence-corrected chi connectivity index (χ3v) is 5.17. The van der Waals surface area contributed by atoms with Gasteiger partial charge in [0.15, 0.2) is 0 Å². The lowest BCUT2D eigenvalue weighted by Crippen LogP contribution is -2.34. The number of fused-ring (bicyclic) bond motifs is 1. The highest BCUT2D eigenvalue weighted by molar-refractivity contribution is 6.06. The Morgan fingerprint density at radius 2 is 1.78 bits per heavy atom. The van der Waals surface area contributed by atoms with Crippen LogP contribution in [0.5, 0.6) is 0 Å². The van der Waals surface area contributed by atoms with Crippen LogP contribution in [-0.2, 0) is 19.1 Å². The van der Waals surface area contributed by atoms with E-state index in [2.05, 4.69) is 5.32 Å². The Hall–Kier alpha value is -2.96. The summed E-state index contributed by atoms with van der Waals surface area (Å²) in [5.74, 6) is -1.76. The number of imide groups is 1. The van der Waals surface area contributed by atoms with E-state index in [0.29, 0.717) is 29.7 Å². The van der Waals surface area contributed by atoms with Crippen LogP contribution in [0.25, 0.3) is 0 Å². The number of benzene rings is 1. The van der Waals surface area contributed by atoms with Crippen molar-refractivity contribution in [3.05, 3.63) is 41.5 Å². The molecule has 7 nitrogen and oxygen atoms in total. The molecule has 142 valence electrons. The maximum Gasteiger partial charge on any atom is 0.338 e. The van der Waals surface area contributed by atoms with Crippen LogP contribution in [0, 0.1) is 18.8 Å². The van der Waals surface area contributed by atoms with Gasteiger partial charge in [0.1, 0.15) is 0 Å². The number of anilines is 1. The van der Waals surface area contributed by atoms with Crippen LogP contribution < -0.4 is 5.32 Å². The van der Waals surface area contributed by atoms with Gasteiger partial charge in [-0.25, -0.2) is 4.79 Å². The number of rotatable bonds is 5. The van der Waals surface area contributed by atoms with E-state index in [0.717, 1.165) is 0 Å². The third kappa shape index (κ3) is 3.63. The average molecular weight is 370 g/mol. The molecule has 1 heterocycles. The molecule has 1 aromatic rings. The molecule has 0 aromatic heterocycles. The van der Waals surface area contributed by atoms with Crippen LogP contribution in [0.4, 0.5) is 5.69 Å². The lowest BCUT2D eigenvalue weighted by atomic mass is 9.85. The standard InChI is InChI=1S/C20H22N2O5/c1-12-13(20(26)27-2)8-5-9-16(12)21-17(23)10-11-22-18(24)14-6-3-4-7-15(14)19(22)25/h3-5,8-9,14-15H,6-7,10-11H2,1-2H3,(H,21,23)/t14-,15+. The summed E-state index contributed by atoms with van der Waals surface area (Å²) in [7, 11) is 1.30. The monoisotopic (exact) mass is 370 g/mol. The molecule has 0 unspecified atom stereocenters. The van der Waals surface area contributed by atoms with E-state index in [1.54, 1.807) is 25.1 Å². The van der Waals surface area contributed by atoms with Crippen molar-refractivity contribution < 1.29 is 23.9 Å². The summed E-state index contributed by atoms with van der Waals surface area (Å²) in [4.78, 5) is 50.1. The minimum absolute atomic E-state index is 0.00619. The Morgan fingerprint density at radius 1 is 1.15 bits per heavy atom. The van der Waals surface area contributed by atoms with Crippen LogP contribution >= 0.6 is 0 Å². The minimum Gasteiger partial charge on any atom is -0.465 e. The fourth-order valence-corrected chi connectivity index (χ4v) is 3.62. The number of carbonyl (C=O) groups is 4. The van der Waals surface area contributed by atoms with E-state index >= 15 is 0 Å². The highest BCUT2D eigenvalue weighted by Crippen LogP contribution is 2.35. The second-order valence-electron chi connectivity index (χ2n) is 6.75. The molecule has 1 N–H and O–H groups in total. The Kier molecular flexibility index (Phi) is 5.39. The maximum atomic E-state index is 12.4. The second-order valence-corrected chi connectivity index (χ2v) is 6.75. The smallest absolute Gasteiger partial charge is 0.338 e. The van der Waals surface area contributed by atoms with Gasteiger partial charge in [-0.05, 0) is 37.5 Å². The Morgan fingerprint density at radius 3 is 2.37 bits per heavy atom. The first kappa shape index (κ1) is 18.8. The number of methoxy groups -OCH3 is 1. The first-order valence-electron chi connectivity index (χ1n) is 8.92. The van der Waals surface area contributed by atoms with Gasteiger partial charge in [-0.1, -0.05) is 18.2 Å². The minimum atomic E-state index is -0.479. The van der Waals surface area contributed by atoms with E-state index in [9.17, 15) is 19.2 Å². The highest BCUT2D eigenvalue weighted by Gasteiger charge is 2.46. The molecule has 1 aliphatic carbocycles. The molecular formula is C20H22N2O5. The molecule has 1 fully saturated rings. The summed E-state index contributed by atoms with van der Waals surface area (Å²) < 4.78 is 4.72. The van der Waals surface area contributed by atoms with Gasteiger partial charge in [0.05, 0.1) is 24.5 Å². The number of ether oxygens (including phenoxy) is 1. The van der Waals surface area contributed by atoms with Crippen molar-refractivity contribution >= 4 is 29.4 Å². The first-order chi connectivity index (χ1) is 12.9. The topological polar surface area (TPSA) is 92.8 Å². The average Bonchev–Trinajstić information content (AvgIpc) is 2.92. The van der Waals surface area contributed by atoms with Gasteiger partial charge >= 0.3 is 5.97 Å². The van der Waals surface area contributed by atoms with E-state index < -0.39 is 5.97 Å². The number of carbonyl (C=O) groups excluding carboxylic acids is 4. The van der Waals surface area contributed by atoms with Gasteiger partial charge in [-0.2, -0.15) is 0 Å². The van der Waals surface area contributed by atoms with Crippen LogP contribution in [0.3, 0.4) is 0 Å². The molecule has 0 saturated carbocycles. The zero-order valence-electron chi connectivity index (χ0n) is 15.4. The lowest BCUT2D eigenvalue weighted by Gasteiger charge is -2.15. The zero-order chi connectivity index (χ0) is 19.6. The van der Waals surface area contributed by atoms with Gasteiger partial charge in [-0.3, -0.25) is 19.3 Å². The van der Waals surface area contributed by atoms with E-state index in [1.165, 1.54) is 12.0 Å². The molecule has 1 saturated heterocycles. The van der Waals surface area contributed by atoms with Crippen molar-refractivity contribution in [1.82, 2.24) is 4.90 Å². The number of allylic oxidation sites excluding steroid dienone is 2. The molecule has 2 atom stereocenters. The normalized spacial score (nSPS) is 21.2. The highest BCUT2D eigenvalue weighted by atomic mass is 16.5. The number of esters is 1. The summed E-state index contributed by atoms with van der Waals surface area (Å²) in [5, 5.41) is 2.74. The molecule has 0 bridgehead atoms. The molecular weight excluding hydrogens is 348 g/mol. The summed E-state index contributed by atoms with van der Waals surface area (Å²) in [6, 6.07) is 4.96. The molecule has 3 rings (SSSR count). The Balaban J connectivity index is 1.62. The van der Waals surface area contributed by atoms with Gasteiger partial charge in [-0.15, -0.1) is 0 Å².